The van der Waals surface area contributed by atoms with Crippen LogP contribution in [0.15, 0.2) is 66.4 Å². The van der Waals surface area contributed by atoms with Crippen LogP contribution < -0.4 is 9.47 Å². The maximum Gasteiger partial charge on any atom is 0.270 e. The molecule has 0 unspecified atom stereocenters. The number of ether oxygens (including phenoxy) is 2. The number of carbonyl (C=O) groups is 1. The first kappa shape index (κ1) is 19.9. The first-order valence-electron chi connectivity index (χ1n) is 8.80. The highest BCUT2D eigenvalue weighted by atomic mass is 35.5. The summed E-state index contributed by atoms with van der Waals surface area (Å²) in [5.41, 5.74) is 1.59. The number of benzene rings is 3. The summed E-state index contributed by atoms with van der Waals surface area (Å²) >= 11 is 12.0. The second kappa shape index (κ2) is 8.18. The monoisotopic (exact) mass is 441 g/mol. The van der Waals surface area contributed by atoms with Crippen LogP contribution in [0.3, 0.4) is 0 Å². The van der Waals surface area contributed by atoms with Crippen LogP contribution in [0.4, 0.5) is 5.69 Å². The lowest BCUT2D eigenvalue weighted by molar-refractivity contribution is -0.384. The minimum atomic E-state index is -0.495. The maximum absolute atomic E-state index is 12.6. The molecule has 150 valence electrons. The highest BCUT2D eigenvalue weighted by molar-refractivity contribution is 6.35. The Kier molecular flexibility index (Phi) is 5.44. The Labute approximate surface area is 181 Å². The van der Waals surface area contributed by atoms with Gasteiger partial charge in [0.1, 0.15) is 18.1 Å². The Balaban J connectivity index is 1.52. The quantitative estimate of drug-likeness (QED) is 0.271. The largest absolute Gasteiger partial charge is 0.489 e. The van der Waals surface area contributed by atoms with E-state index >= 15 is 0 Å². The first-order valence-corrected chi connectivity index (χ1v) is 9.56. The normalized spacial score (nSPS) is 13.8. The molecule has 6 nitrogen and oxygen atoms in total. The van der Waals surface area contributed by atoms with Gasteiger partial charge in [0.05, 0.1) is 10.5 Å². The second-order valence-electron chi connectivity index (χ2n) is 6.47. The zero-order valence-corrected chi connectivity index (χ0v) is 16.8. The van der Waals surface area contributed by atoms with Gasteiger partial charge < -0.3 is 9.47 Å². The van der Waals surface area contributed by atoms with Gasteiger partial charge in [0.15, 0.2) is 5.76 Å². The third-order valence-electron chi connectivity index (χ3n) is 4.43. The number of hydrogen-bond acceptors (Lipinski definition) is 5. The number of Topliss-reactive ketones (excluding diaryl/α,β-unsaturated/α-hetero) is 1. The van der Waals surface area contributed by atoms with Crippen molar-refractivity contribution >= 4 is 40.7 Å². The van der Waals surface area contributed by atoms with Gasteiger partial charge in [-0.1, -0.05) is 41.4 Å². The molecule has 3 aromatic carbocycles. The lowest BCUT2D eigenvalue weighted by atomic mass is 10.1. The van der Waals surface area contributed by atoms with E-state index in [2.05, 4.69) is 0 Å². The van der Waals surface area contributed by atoms with Gasteiger partial charge in [0.25, 0.3) is 5.69 Å². The van der Waals surface area contributed by atoms with Crippen molar-refractivity contribution in [2.75, 3.05) is 0 Å². The third kappa shape index (κ3) is 4.15. The summed E-state index contributed by atoms with van der Waals surface area (Å²) in [5, 5.41) is 12.0. The summed E-state index contributed by atoms with van der Waals surface area (Å²) in [6.07, 6.45) is 1.48. The fourth-order valence-corrected chi connectivity index (χ4v) is 3.40. The Bertz CT molecular complexity index is 1210. The van der Waals surface area contributed by atoms with Gasteiger partial charge in [0.2, 0.25) is 5.78 Å². The molecule has 30 heavy (non-hydrogen) atoms. The summed E-state index contributed by atoms with van der Waals surface area (Å²) in [7, 11) is 0. The van der Waals surface area contributed by atoms with Gasteiger partial charge in [-0.25, -0.2) is 0 Å². The molecular formula is C22H13Cl2NO5. The topological polar surface area (TPSA) is 78.7 Å². The number of non-ortho nitro benzene ring substituents is 1. The fourth-order valence-electron chi connectivity index (χ4n) is 2.94. The minimum Gasteiger partial charge on any atom is -0.489 e. The number of allylic oxidation sites excluding steroid dienone is 1. The van der Waals surface area contributed by atoms with E-state index < -0.39 is 4.92 Å². The van der Waals surface area contributed by atoms with Crippen molar-refractivity contribution in [2.45, 2.75) is 6.61 Å². The molecule has 0 saturated carbocycles. The van der Waals surface area contributed by atoms with Gasteiger partial charge in [-0.3, -0.25) is 14.9 Å². The second-order valence-corrected chi connectivity index (χ2v) is 7.32. The van der Waals surface area contributed by atoms with Crippen molar-refractivity contribution in [3.8, 4) is 11.5 Å². The molecule has 8 heteroatoms. The number of nitrogens with zero attached hydrogens (tertiary/aromatic N) is 1. The lowest BCUT2D eigenvalue weighted by Gasteiger charge is -2.09. The third-order valence-corrected chi connectivity index (χ3v) is 5.02. The molecule has 0 fully saturated rings. The molecule has 0 bridgehead atoms. The molecule has 0 radical (unpaired) electrons. The number of carbonyl (C=O) groups excluding carboxylic acids is 1. The van der Waals surface area contributed by atoms with Gasteiger partial charge in [-0.15, -0.1) is 0 Å². The molecule has 4 rings (SSSR count). The number of nitro benzene ring substituents is 1. The van der Waals surface area contributed by atoms with Crippen molar-refractivity contribution in [2.24, 2.45) is 0 Å². The number of nitro groups is 1. The average Bonchev–Trinajstić information content (AvgIpc) is 3.02. The van der Waals surface area contributed by atoms with E-state index in [1.54, 1.807) is 48.5 Å². The summed E-state index contributed by atoms with van der Waals surface area (Å²) in [4.78, 5) is 23.0. The Morgan fingerprint density at radius 1 is 1.07 bits per heavy atom. The van der Waals surface area contributed by atoms with Gasteiger partial charge in [0, 0.05) is 33.8 Å². The molecule has 0 saturated heterocycles. The zero-order chi connectivity index (χ0) is 21.3. The molecule has 0 atom stereocenters. The van der Waals surface area contributed by atoms with E-state index in [0.717, 1.165) is 5.56 Å². The van der Waals surface area contributed by atoms with Crippen LogP contribution in [0, 0.1) is 10.1 Å². The number of fused-ring (bicyclic) bond motifs is 1. The molecule has 0 spiro atoms. The number of ketones is 1. The summed E-state index contributed by atoms with van der Waals surface area (Å²) in [5.74, 6) is 0.646. The van der Waals surface area contributed by atoms with Crippen molar-refractivity contribution < 1.29 is 19.2 Å². The lowest BCUT2D eigenvalue weighted by Crippen LogP contribution is -1.98. The smallest absolute Gasteiger partial charge is 0.270 e. The Morgan fingerprint density at radius 3 is 2.67 bits per heavy atom. The number of hydrogen-bond donors (Lipinski definition) is 0. The van der Waals surface area contributed by atoms with Crippen LogP contribution in [0.1, 0.15) is 21.5 Å². The van der Waals surface area contributed by atoms with Crippen LogP contribution in [-0.4, -0.2) is 10.7 Å². The van der Waals surface area contributed by atoms with E-state index in [0.29, 0.717) is 32.7 Å². The van der Waals surface area contributed by atoms with Crippen molar-refractivity contribution in [1.82, 2.24) is 0 Å². The van der Waals surface area contributed by atoms with E-state index in [-0.39, 0.29) is 23.8 Å². The number of rotatable bonds is 5. The standard InChI is InChI=1S/C22H13Cl2NO5/c23-15-5-4-14(19(24)10-15)12-29-17-6-7-18-20(11-17)30-21(22(18)26)9-13-2-1-3-16(8-13)25(27)28/h1-11H,12H2/b21-9-. The van der Waals surface area contributed by atoms with Crippen molar-refractivity contribution in [3.05, 3.63) is 103 Å². The van der Waals surface area contributed by atoms with E-state index in [4.69, 9.17) is 32.7 Å². The average molecular weight is 442 g/mol. The van der Waals surface area contributed by atoms with Crippen LogP contribution in [-0.2, 0) is 6.61 Å². The summed E-state index contributed by atoms with van der Waals surface area (Å²) in [6.45, 7) is 0.221. The SMILES string of the molecule is O=C1/C(=C/c2cccc([N+](=O)[O-])c2)Oc2cc(OCc3ccc(Cl)cc3Cl)ccc21. The van der Waals surface area contributed by atoms with Crippen LogP contribution >= 0.6 is 23.2 Å². The predicted molar refractivity (Wildman–Crippen MR) is 113 cm³/mol. The molecular weight excluding hydrogens is 429 g/mol. The molecule has 0 N–H and O–H groups in total. The van der Waals surface area contributed by atoms with E-state index in [9.17, 15) is 14.9 Å². The van der Waals surface area contributed by atoms with E-state index in [1.165, 1.54) is 18.2 Å². The van der Waals surface area contributed by atoms with Gasteiger partial charge in [-0.05, 0) is 35.9 Å². The Morgan fingerprint density at radius 2 is 1.90 bits per heavy atom. The Hall–Kier alpha value is -3.35. The highest BCUT2D eigenvalue weighted by Gasteiger charge is 2.28. The molecule has 0 aromatic heterocycles. The van der Waals surface area contributed by atoms with Gasteiger partial charge >= 0.3 is 0 Å². The summed E-state index contributed by atoms with van der Waals surface area (Å²) < 4.78 is 11.4. The van der Waals surface area contributed by atoms with E-state index in [1.807, 2.05) is 0 Å². The maximum atomic E-state index is 12.6. The summed E-state index contributed by atoms with van der Waals surface area (Å²) in [6, 6.07) is 16.0. The van der Waals surface area contributed by atoms with Crippen molar-refractivity contribution in [1.29, 1.82) is 0 Å². The highest BCUT2D eigenvalue weighted by Crippen LogP contribution is 2.35. The fraction of sp³-hybridized carbons (Fsp3) is 0.0455. The van der Waals surface area contributed by atoms with Crippen LogP contribution in [0.25, 0.3) is 6.08 Å². The van der Waals surface area contributed by atoms with Gasteiger partial charge in [-0.2, -0.15) is 0 Å². The van der Waals surface area contributed by atoms with Crippen molar-refractivity contribution in [3.63, 3.8) is 0 Å². The molecule has 1 aliphatic rings. The molecule has 1 heterocycles. The molecule has 0 amide bonds. The van der Waals surface area contributed by atoms with Crippen LogP contribution in [0.2, 0.25) is 10.0 Å². The minimum absolute atomic E-state index is 0.0659. The first-order chi connectivity index (χ1) is 14.4. The molecule has 3 aromatic rings. The molecule has 0 aliphatic carbocycles. The molecule has 1 aliphatic heterocycles. The predicted octanol–water partition coefficient (Wildman–Crippen LogP) is 6.10. The van der Waals surface area contributed by atoms with Crippen LogP contribution in [0.5, 0.6) is 11.5 Å². The zero-order valence-electron chi connectivity index (χ0n) is 15.3. The number of halogens is 2.